The maximum Gasteiger partial charge on any atom is 0.130 e. The molecule has 0 heterocycles. The van der Waals surface area contributed by atoms with Crippen LogP contribution in [0.25, 0.3) is 0 Å². The molecule has 9 nitrogen and oxygen atoms in total. The van der Waals surface area contributed by atoms with E-state index < -0.39 is 17.9 Å². The monoisotopic (exact) mass is 396 g/mol. The van der Waals surface area contributed by atoms with E-state index in [1.807, 2.05) is 0 Å². The van der Waals surface area contributed by atoms with Crippen molar-refractivity contribution in [1.82, 2.24) is 0 Å². The summed E-state index contributed by atoms with van der Waals surface area (Å²) in [6, 6.07) is 0. The summed E-state index contributed by atoms with van der Waals surface area (Å²) in [5.74, 6) is -3.85. The fourth-order valence-electron chi connectivity index (χ4n) is 0.834. The van der Waals surface area contributed by atoms with E-state index in [9.17, 15) is 44.1 Å². The molecular formula is C15H21O9V-3. The third kappa shape index (κ3) is 52.1. The summed E-state index contributed by atoms with van der Waals surface area (Å²) in [4.78, 5) is 59.1. The van der Waals surface area contributed by atoms with Gasteiger partial charge in [0.2, 0.25) is 0 Å². The summed E-state index contributed by atoms with van der Waals surface area (Å²) in [6.07, 6.45) is -0.215. The molecule has 0 saturated heterocycles. The van der Waals surface area contributed by atoms with Crippen molar-refractivity contribution in [2.45, 2.75) is 59.3 Å². The minimum atomic E-state index is -1.17. The van der Waals surface area contributed by atoms with Crippen molar-refractivity contribution in [3.63, 3.8) is 0 Å². The van der Waals surface area contributed by atoms with Crippen molar-refractivity contribution < 1.29 is 62.6 Å². The molecule has 0 spiro atoms. The van der Waals surface area contributed by atoms with E-state index in [2.05, 4.69) is 0 Å². The number of Topliss-reactive ketones (excluding diaryl/α,β-unsaturated/α-hetero) is 3. The van der Waals surface area contributed by atoms with E-state index >= 15 is 0 Å². The Morgan fingerprint density at radius 3 is 0.680 bits per heavy atom. The molecule has 1 radical (unpaired) electrons. The van der Waals surface area contributed by atoms with Crippen LogP contribution in [0.4, 0.5) is 0 Å². The Morgan fingerprint density at radius 1 is 0.480 bits per heavy atom. The maximum atomic E-state index is 10.1. The third-order valence-electron chi connectivity index (χ3n) is 2.04. The summed E-state index contributed by atoms with van der Waals surface area (Å²) in [5, 5.41) is 28.9. The smallest absolute Gasteiger partial charge is 0.130 e. The second-order valence-corrected chi connectivity index (χ2v) is 4.72. The summed E-state index contributed by atoms with van der Waals surface area (Å²) < 4.78 is 0. The van der Waals surface area contributed by atoms with E-state index in [1.165, 1.54) is 20.8 Å². The normalized spacial score (nSPS) is 8.28. The van der Waals surface area contributed by atoms with Gasteiger partial charge < -0.3 is 44.1 Å². The molecule has 143 valence electrons. The standard InChI is InChI=1S/3C5H8O3.V/c3*1-4(6)2-3-5(7)8;/h3*2-3H2,1H3,(H,7,8);/p-3. The van der Waals surface area contributed by atoms with Gasteiger partial charge in [-0.05, 0) is 40.0 Å². The zero-order chi connectivity index (χ0) is 19.7. The predicted molar refractivity (Wildman–Crippen MR) is 74.8 cm³/mol. The van der Waals surface area contributed by atoms with E-state index in [-0.39, 0.29) is 74.4 Å². The number of hydrogen-bond donors (Lipinski definition) is 0. The molecule has 0 aromatic heterocycles. The Morgan fingerprint density at radius 2 is 0.640 bits per heavy atom. The predicted octanol–water partition coefficient (Wildman–Crippen LogP) is -2.69. The van der Waals surface area contributed by atoms with Gasteiger partial charge in [0.1, 0.15) is 17.3 Å². The van der Waals surface area contributed by atoms with Crippen LogP contribution in [0.3, 0.4) is 0 Å². The van der Waals surface area contributed by atoms with Crippen LogP contribution in [0.5, 0.6) is 0 Å². The minimum absolute atomic E-state index is 0. The Kier molecular flexibility index (Phi) is 24.7. The maximum absolute atomic E-state index is 10.1. The number of carboxylic acids is 3. The molecule has 25 heavy (non-hydrogen) atoms. The van der Waals surface area contributed by atoms with Crippen LogP contribution in [0.1, 0.15) is 59.3 Å². The van der Waals surface area contributed by atoms with Gasteiger partial charge in [-0.25, -0.2) is 0 Å². The van der Waals surface area contributed by atoms with Crippen molar-refractivity contribution in [3.05, 3.63) is 0 Å². The summed E-state index contributed by atoms with van der Waals surface area (Å²) in [6.45, 7) is 4.05. The first kappa shape index (κ1) is 30.8. The van der Waals surface area contributed by atoms with Gasteiger partial charge in [0.15, 0.2) is 0 Å². The Labute approximate surface area is 157 Å². The van der Waals surface area contributed by atoms with E-state index in [0.717, 1.165) is 0 Å². The van der Waals surface area contributed by atoms with Crippen LogP contribution in [0.15, 0.2) is 0 Å². The quantitative estimate of drug-likeness (QED) is 0.402. The molecule has 0 amide bonds. The second-order valence-electron chi connectivity index (χ2n) is 4.72. The number of rotatable bonds is 9. The molecule has 0 aliphatic rings. The SMILES string of the molecule is CC(=O)CCC(=O)[O-].CC(=O)CCC(=O)[O-].CC(=O)CCC(=O)[O-].[V]. The molecule has 0 fully saturated rings. The first-order valence-corrected chi connectivity index (χ1v) is 6.96. The van der Waals surface area contributed by atoms with Crippen LogP contribution in [-0.2, 0) is 47.3 Å². The van der Waals surface area contributed by atoms with Crippen LogP contribution in [0.2, 0.25) is 0 Å². The molecule has 0 saturated carbocycles. The summed E-state index contributed by atoms with van der Waals surface area (Å²) >= 11 is 0. The molecule has 0 aromatic carbocycles. The van der Waals surface area contributed by atoms with E-state index in [0.29, 0.717) is 0 Å². The number of carboxylic acid groups (broad SMARTS) is 3. The zero-order valence-corrected chi connectivity index (χ0v) is 15.8. The number of hydrogen-bond acceptors (Lipinski definition) is 9. The topological polar surface area (TPSA) is 172 Å². The fraction of sp³-hybridized carbons (Fsp3) is 0.600. The van der Waals surface area contributed by atoms with Crippen LogP contribution in [-0.4, -0.2) is 35.3 Å². The average Bonchev–Trinajstić information content (AvgIpc) is 2.42. The van der Waals surface area contributed by atoms with Crippen molar-refractivity contribution in [2.24, 2.45) is 0 Å². The van der Waals surface area contributed by atoms with Gasteiger partial charge in [-0.2, -0.15) is 0 Å². The Balaban J connectivity index is -0.000000130. The van der Waals surface area contributed by atoms with Crippen molar-refractivity contribution in [1.29, 1.82) is 0 Å². The van der Waals surface area contributed by atoms with Crippen LogP contribution < -0.4 is 15.3 Å². The Hall–Kier alpha value is -2.00. The van der Waals surface area contributed by atoms with Gasteiger partial charge in [-0.15, -0.1) is 0 Å². The minimum Gasteiger partial charge on any atom is -0.550 e. The summed E-state index contributed by atoms with van der Waals surface area (Å²) in [7, 11) is 0. The zero-order valence-electron chi connectivity index (χ0n) is 14.4. The number of aliphatic carboxylic acids is 3. The molecule has 0 unspecified atom stereocenters. The second kappa shape index (κ2) is 20.0. The number of carbonyl (C=O) groups excluding carboxylic acids is 6. The van der Waals surface area contributed by atoms with Crippen molar-refractivity contribution in [3.8, 4) is 0 Å². The molecule has 10 heteroatoms. The molecule has 0 rings (SSSR count). The molecule has 0 aliphatic heterocycles. The van der Waals surface area contributed by atoms with Crippen molar-refractivity contribution in [2.75, 3.05) is 0 Å². The number of carbonyl (C=O) groups is 6. The third-order valence-corrected chi connectivity index (χ3v) is 2.04. The van der Waals surface area contributed by atoms with E-state index in [1.54, 1.807) is 0 Å². The molecule has 0 bridgehead atoms. The van der Waals surface area contributed by atoms with Gasteiger partial charge in [-0.3, -0.25) is 0 Å². The largest absolute Gasteiger partial charge is 0.550 e. The average molecular weight is 396 g/mol. The van der Waals surface area contributed by atoms with Gasteiger partial charge in [0.05, 0.1) is 0 Å². The molecular weight excluding hydrogens is 375 g/mol. The van der Waals surface area contributed by atoms with Gasteiger partial charge in [-0.1, -0.05) is 0 Å². The van der Waals surface area contributed by atoms with Gasteiger partial charge >= 0.3 is 0 Å². The van der Waals surface area contributed by atoms with Crippen LogP contribution in [0, 0.1) is 0 Å². The van der Waals surface area contributed by atoms with Gasteiger partial charge in [0.25, 0.3) is 0 Å². The van der Waals surface area contributed by atoms with Gasteiger partial charge in [0, 0.05) is 55.7 Å². The fourth-order valence-corrected chi connectivity index (χ4v) is 0.834. The number of ketones is 3. The Bertz CT molecular complexity index is 349. The molecule has 0 aromatic rings. The van der Waals surface area contributed by atoms with Crippen molar-refractivity contribution >= 4 is 35.3 Å². The van der Waals surface area contributed by atoms with E-state index in [4.69, 9.17) is 0 Å². The molecule has 0 N–H and O–H groups in total. The molecule has 0 atom stereocenters. The summed E-state index contributed by atoms with van der Waals surface area (Å²) in [5.41, 5.74) is 0. The first-order chi connectivity index (χ1) is 10.9. The molecule has 0 aliphatic carbocycles. The van der Waals surface area contributed by atoms with Crippen LogP contribution >= 0.6 is 0 Å². The first-order valence-electron chi connectivity index (χ1n) is 6.96.